The second-order valence-corrected chi connectivity index (χ2v) is 4.64. The molecule has 2 rings (SSSR count). The zero-order valence-electron chi connectivity index (χ0n) is 11.0. The Morgan fingerprint density at radius 1 is 1.39 bits per heavy atom. The summed E-state index contributed by atoms with van der Waals surface area (Å²) >= 11 is 0. The molecule has 98 valence electrons. The van der Waals surface area contributed by atoms with E-state index in [9.17, 15) is 4.79 Å². The van der Waals surface area contributed by atoms with Crippen LogP contribution in [-0.4, -0.2) is 25.6 Å². The van der Waals surface area contributed by atoms with Crippen LogP contribution in [0.5, 0.6) is 5.75 Å². The molecule has 18 heavy (non-hydrogen) atoms. The highest BCUT2D eigenvalue weighted by molar-refractivity contribution is 5.97. The fourth-order valence-corrected chi connectivity index (χ4v) is 2.04. The number of hydrogen-bond acceptors (Lipinski definition) is 3. The Bertz CT molecular complexity index is 432. The Hall–Kier alpha value is -1.55. The molecule has 0 fully saturated rings. The van der Waals surface area contributed by atoms with Crippen LogP contribution in [0.2, 0.25) is 0 Å². The van der Waals surface area contributed by atoms with Crippen molar-refractivity contribution < 1.29 is 9.53 Å². The van der Waals surface area contributed by atoms with Gasteiger partial charge < -0.3 is 15.4 Å². The van der Waals surface area contributed by atoms with Crippen LogP contribution < -0.4 is 15.4 Å². The van der Waals surface area contributed by atoms with Crippen LogP contribution in [0.25, 0.3) is 0 Å². The lowest BCUT2D eigenvalue weighted by Gasteiger charge is -2.23. The zero-order valence-corrected chi connectivity index (χ0v) is 11.0. The molecule has 0 radical (unpaired) electrons. The van der Waals surface area contributed by atoms with Gasteiger partial charge in [0.2, 0.25) is 0 Å². The molecule has 1 amide bonds. The quantitative estimate of drug-likeness (QED) is 0.783. The number of aryl methyl sites for hydroxylation is 1. The van der Waals surface area contributed by atoms with Gasteiger partial charge in [0.15, 0.2) is 6.10 Å². The number of fused-ring (bicyclic) bond motifs is 1. The first-order valence-corrected chi connectivity index (χ1v) is 6.46. The average molecular weight is 248 g/mol. The molecule has 4 nitrogen and oxygen atoms in total. The fraction of sp³-hybridized carbons (Fsp3) is 0.500. The van der Waals surface area contributed by atoms with E-state index < -0.39 is 6.10 Å². The maximum Gasteiger partial charge on any atom is 0.265 e. The lowest BCUT2D eigenvalue weighted by Crippen LogP contribution is -2.34. The van der Waals surface area contributed by atoms with E-state index in [1.165, 1.54) is 5.56 Å². The number of anilines is 1. The lowest BCUT2D eigenvalue weighted by atomic mass is 10.1. The Morgan fingerprint density at radius 2 is 2.22 bits per heavy atom. The summed E-state index contributed by atoms with van der Waals surface area (Å²) in [5.41, 5.74) is 2.03. The molecule has 1 aliphatic rings. The fourth-order valence-electron chi connectivity index (χ4n) is 2.04. The van der Waals surface area contributed by atoms with Crippen molar-refractivity contribution in [2.75, 3.05) is 18.9 Å². The van der Waals surface area contributed by atoms with Crippen LogP contribution in [0.3, 0.4) is 0 Å². The maximum atomic E-state index is 11.5. The number of unbranched alkanes of at least 4 members (excludes halogenated alkanes) is 1. The Morgan fingerprint density at radius 3 is 3.00 bits per heavy atom. The SMILES string of the molecule is CNCCCCc1ccc2c(c1)NC(=O)C(C)O2. The third-order valence-electron chi connectivity index (χ3n) is 3.12. The van der Waals surface area contributed by atoms with Gasteiger partial charge in [-0.25, -0.2) is 0 Å². The van der Waals surface area contributed by atoms with E-state index in [1.54, 1.807) is 6.92 Å². The molecule has 0 saturated carbocycles. The highest BCUT2D eigenvalue weighted by Crippen LogP contribution is 2.30. The number of benzene rings is 1. The van der Waals surface area contributed by atoms with Crippen LogP contribution in [-0.2, 0) is 11.2 Å². The topological polar surface area (TPSA) is 50.4 Å². The van der Waals surface area contributed by atoms with Crippen molar-refractivity contribution in [3.63, 3.8) is 0 Å². The van der Waals surface area contributed by atoms with Crippen molar-refractivity contribution in [2.45, 2.75) is 32.3 Å². The molecular formula is C14H20N2O2. The van der Waals surface area contributed by atoms with Crippen molar-refractivity contribution in [1.29, 1.82) is 0 Å². The number of hydrogen-bond donors (Lipinski definition) is 2. The monoisotopic (exact) mass is 248 g/mol. The van der Waals surface area contributed by atoms with Crippen molar-refractivity contribution in [1.82, 2.24) is 5.32 Å². The molecule has 0 spiro atoms. The first kappa shape index (κ1) is 12.9. The zero-order chi connectivity index (χ0) is 13.0. The van der Waals surface area contributed by atoms with E-state index in [1.807, 2.05) is 19.2 Å². The molecule has 0 saturated heterocycles. The van der Waals surface area contributed by atoms with Crippen molar-refractivity contribution in [3.8, 4) is 5.75 Å². The third kappa shape index (κ3) is 3.01. The molecule has 1 aliphatic heterocycles. The van der Waals surface area contributed by atoms with Gasteiger partial charge in [-0.1, -0.05) is 6.07 Å². The molecule has 4 heteroatoms. The van der Waals surface area contributed by atoms with Crippen LogP contribution in [0.4, 0.5) is 5.69 Å². The molecule has 1 aromatic rings. The maximum absolute atomic E-state index is 11.5. The highest BCUT2D eigenvalue weighted by Gasteiger charge is 2.23. The highest BCUT2D eigenvalue weighted by atomic mass is 16.5. The van der Waals surface area contributed by atoms with E-state index in [2.05, 4.69) is 16.7 Å². The molecular weight excluding hydrogens is 228 g/mol. The van der Waals surface area contributed by atoms with E-state index in [-0.39, 0.29) is 5.91 Å². The summed E-state index contributed by atoms with van der Waals surface area (Å²) in [6.07, 6.45) is 2.93. The number of carbonyl (C=O) groups excluding carboxylic acids is 1. The lowest BCUT2D eigenvalue weighted by molar-refractivity contribution is -0.122. The van der Waals surface area contributed by atoms with E-state index >= 15 is 0 Å². The standard InChI is InChI=1S/C14H20N2O2/c1-10-14(17)16-12-9-11(5-3-4-8-15-2)6-7-13(12)18-10/h6-7,9-10,15H,3-5,8H2,1-2H3,(H,16,17). The number of ether oxygens (including phenoxy) is 1. The summed E-state index contributed by atoms with van der Waals surface area (Å²) in [6.45, 7) is 2.80. The van der Waals surface area contributed by atoms with Gasteiger partial charge in [-0.3, -0.25) is 4.79 Å². The van der Waals surface area contributed by atoms with Crippen LogP contribution in [0.15, 0.2) is 18.2 Å². The first-order valence-electron chi connectivity index (χ1n) is 6.46. The van der Waals surface area contributed by atoms with Gasteiger partial charge in [0.25, 0.3) is 5.91 Å². The van der Waals surface area contributed by atoms with Gasteiger partial charge >= 0.3 is 0 Å². The van der Waals surface area contributed by atoms with E-state index in [0.29, 0.717) is 0 Å². The van der Waals surface area contributed by atoms with Crippen molar-refractivity contribution in [3.05, 3.63) is 23.8 Å². The molecule has 2 N–H and O–H groups in total. The first-order chi connectivity index (χ1) is 8.70. The number of carbonyl (C=O) groups is 1. The smallest absolute Gasteiger partial charge is 0.265 e. The van der Waals surface area contributed by atoms with Crippen molar-refractivity contribution >= 4 is 11.6 Å². The van der Waals surface area contributed by atoms with Crippen LogP contribution in [0.1, 0.15) is 25.3 Å². The van der Waals surface area contributed by atoms with Gasteiger partial charge in [-0.05, 0) is 57.5 Å². The molecule has 1 heterocycles. The van der Waals surface area contributed by atoms with Gasteiger partial charge in [0.1, 0.15) is 5.75 Å². The number of rotatable bonds is 5. The minimum atomic E-state index is -0.404. The minimum absolute atomic E-state index is 0.0742. The number of nitrogens with one attached hydrogen (secondary N) is 2. The second-order valence-electron chi connectivity index (χ2n) is 4.64. The Labute approximate surface area is 108 Å². The Balaban J connectivity index is 1.99. The summed E-state index contributed by atoms with van der Waals surface area (Å²) in [4.78, 5) is 11.5. The van der Waals surface area contributed by atoms with Gasteiger partial charge in [0.05, 0.1) is 5.69 Å². The van der Waals surface area contributed by atoms with E-state index in [0.717, 1.165) is 37.2 Å². The predicted molar refractivity (Wildman–Crippen MR) is 72.0 cm³/mol. The molecule has 1 unspecified atom stereocenters. The van der Waals surface area contributed by atoms with Crippen LogP contribution in [0, 0.1) is 0 Å². The summed E-state index contributed by atoms with van der Waals surface area (Å²) < 4.78 is 5.52. The summed E-state index contributed by atoms with van der Waals surface area (Å²) in [7, 11) is 1.97. The number of amides is 1. The van der Waals surface area contributed by atoms with Gasteiger partial charge in [-0.2, -0.15) is 0 Å². The molecule has 1 aromatic carbocycles. The van der Waals surface area contributed by atoms with Gasteiger partial charge in [0, 0.05) is 0 Å². The van der Waals surface area contributed by atoms with Crippen molar-refractivity contribution in [2.24, 2.45) is 0 Å². The molecule has 0 bridgehead atoms. The van der Waals surface area contributed by atoms with E-state index in [4.69, 9.17) is 4.74 Å². The van der Waals surface area contributed by atoms with Crippen LogP contribution >= 0.6 is 0 Å². The average Bonchev–Trinajstić information content (AvgIpc) is 2.36. The largest absolute Gasteiger partial charge is 0.479 e. The molecule has 0 aromatic heterocycles. The summed E-state index contributed by atoms with van der Waals surface area (Å²) in [5, 5.41) is 6.01. The molecule has 1 atom stereocenters. The second kappa shape index (κ2) is 5.87. The third-order valence-corrected chi connectivity index (χ3v) is 3.12. The summed E-state index contributed by atoms with van der Waals surface area (Å²) in [6, 6.07) is 6.03. The Kier molecular flexibility index (Phi) is 4.20. The summed E-state index contributed by atoms with van der Waals surface area (Å²) in [5.74, 6) is 0.691. The molecule has 0 aliphatic carbocycles. The minimum Gasteiger partial charge on any atom is -0.479 e. The normalized spacial score (nSPS) is 17.9. The predicted octanol–water partition coefficient (Wildman–Crippen LogP) is 1.95. The van der Waals surface area contributed by atoms with Gasteiger partial charge in [-0.15, -0.1) is 0 Å².